The van der Waals surface area contributed by atoms with Crippen molar-refractivity contribution in [3.05, 3.63) is 29.6 Å². The highest BCUT2D eigenvalue weighted by Crippen LogP contribution is 2.22. The molecule has 0 unspecified atom stereocenters. The Morgan fingerprint density at radius 2 is 2.33 bits per heavy atom. The zero-order valence-corrected chi connectivity index (χ0v) is 12.7. The van der Waals surface area contributed by atoms with Gasteiger partial charge in [0.2, 0.25) is 5.91 Å². The van der Waals surface area contributed by atoms with Crippen LogP contribution in [0.2, 0.25) is 0 Å². The molecule has 0 spiro atoms. The maximum atomic E-state index is 13.6. The third-order valence-corrected chi connectivity index (χ3v) is 4.12. The Kier molecular flexibility index (Phi) is 5.06. The van der Waals surface area contributed by atoms with Crippen LogP contribution in [-0.4, -0.2) is 42.0 Å². The predicted molar refractivity (Wildman–Crippen MR) is 78.9 cm³/mol. The number of hydrogen-bond donors (Lipinski definition) is 1. The monoisotopic (exact) mass is 312 g/mol. The maximum Gasteiger partial charge on any atom is 0.282 e. The van der Waals surface area contributed by atoms with Crippen molar-refractivity contribution in [2.45, 2.75) is 13.0 Å². The molecular weight excluding hydrogens is 295 g/mol. The van der Waals surface area contributed by atoms with E-state index < -0.39 is 5.82 Å². The van der Waals surface area contributed by atoms with Crippen LogP contribution in [0.5, 0.6) is 5.75 Å². The first-order valence-electron chi connectivity index (χ1n) is 6.55. The number of rotatable bonds is 5. The first-order chi connectivity index (χ1) is 10.0. The summed E-state index contributed by atoms with van der Waals surface area (Å²) < 4.78 is 18.5. The summed E-state index contributed by atoms with van der Waals surface area (Å²) in [5.41, 5.74) is 0.642. The quantitative estimate of drug-likeness (QED) is 0.905. The van der Waals surface area contributed by atoms with E-state index in [1.54, 1.807) is 13.0 Å². The highest BCUT2D eigenvalue weighted by Gasteiger charge is 2.23. The fourth-order valence-electron chi connectivity index (χ4n) is 2.07. The van der Waals surface area contributed by atoms with E-state index in [-0.39, 0.29) is 29.5 Å². The second-order valence-corrected chi connectivity index (χ2v) is 5.77. The summed E-state index contributed by atoms with van der Waals surface area (Å²) in [5, 5.41) is 2.68. The third-order valence-electron chi connectivity index (χ3n) is 3.23. The first kappa shape index (κ1) is 15.6. The highest BCUT2D eigenvalue weighted by molar-refractivity contribution is 8.13. The van der Waals surface area contributed by atoms with Gasteiger partial charge < -0.3 is 15.0 Å². The predicted octanol–water partition coefficient (Wildman–Crippen LogP) is 2.18. The second kappa shape index (κ2) is 6.80. The Labute approximate surface area is 126 Å². The van der Waals surface area contributed by atoms with Crippen molar-refractivity contribution in [3.63, 3.8) is 0 Å². The Morgan fingerprint density at radius 1 is 1.57 bits per heavy atom. The Bertz CT molecular complexity index is 553. The molecule has 5 nitrogen and oxygen atoms in total. The van der Waals surface area contributed by atoms with Crippen LogP contribution in [0, 0.1) is 5.82 Å². The van der Waals surface area contributed by atoms with Crippen molar-refractivity contribution < 1.29 is 18.7 Å². The number of nitrogens with one attached hydrogen (secondary N) is 1. The number of halogens is 1. The number of benzene rings is 1. The SMILES string of the molecule is COc1ccc([C@H](C)NC(=O)CN2CCSC2=O)cc1F. The smallest absolute Gasteiger partial charge is 0.282 e. The van der Waals surface area contributed by atoms with Gasteiger partial charge in [-0.1, -0.05) is 17.8 Å². The third kappa shape index (κ3) is 3.87. The molecule has 1 N–H and O–H groups in total. The number of carbonyl (C=O) groups excluding carboxylic acids is 2. The Balaban J connectivity index is 1.94. The second-order valence-electron chi connectivity index (χ2n) is 4.72. The van der Waals surface area contributed by atoms with E-state index >= 15 is 0 Å². The van der Waals surface area contributed by atoms with E-state index in [2.05, 4.69) is 5.32 Å². The molecule has 2 rings (SSSR count). The minimum atomic E-state index is -0.470. The largest absolute Gasteiger partial charge is 0.494 e. The lowest BCUT2D eigenvalue weighted by atomic mass is 10.1. The number of amides is 2. The van der Waals surface area contributed by atoms with Crippen LogP contribution in [0.3, 0.4) is 0 Å². The first-order valence-corrected chi connectivity index (χ1v) is 7.54. The summed E-state index contributed by atoms with van der Waals surface area (Å²) in [4.78, 5) is 24.8. The van der Waals surface area contributed by atoms with Gasteiger partial charge in [-0.3, -0.25) is 9.59 Å². The van der Waals surface area contributed by atoms with Crippen molar-refractivity contribution in [2.75, 3.05) is 26.0 Å². The van der Waals surface area contributed by atoms with E-state index in [4.69, 9.17) is 4.74 Å². The summed E-state index contributed by atoms with van der Waals surface area (Å²) in [6.07, 6.45) is 0. The number of nitrogens with zero attached hydrogens (tertiary/aromatic N) is 1. The van der Waals surface area contributed by atoms with Crippen LogP contribution in [0.15, 0.2) is 18.2 Å². The number of thioether (sulfide) groups is 1. The van der Waals surface area contributed by atoms with E-state index in [1.165, 1.54) is 35.9 Å². The summed E-state index contributed by atoms with van der Waals surface area (Å²) in [6.45, 7) is 2.39. The molecule has 1 fully saturated rings. The van der Waals surface area contributed by atoms with E-state index in [0.29, 0.717) is 17.9 Å². The fraction of sp³-hybridized carbons (Fsp3) is 0.429. The van der Waals surface area contributed by atoms with Gasteiger partial charge in [0.05, 0.1) is 13.2 Å². The van der Waals surface area contributed by atoms with Gasteiger partial charge in [0.15, 0.2) is 11.6 Å². The van der Waals surface area contributed by atoms with Crippen molar-refractivity contribution in [1.29, 1.82) is 0 Å². The van der Waals surface area contributed by atoms with Gasteiger partial charge in [-0.15, -0.1) is 0 Å². The molecule has 114 valence electrons. The molecule has 0 aliphatic carbocycles. The van der Waals surface area contributed by atoms with Gasteiger partial charge in [-0.2, -0.15) is 0 Å². The van der Waals surface area contributed by atoms with Crippen LogP contribution in [0.1, 0.15) is 18.5 Å². The molecule has 1 aliphatic heterocycles. The van der Waals surface area contributed by atoms with Gasteiger partial charge in [-0.25, -0.2) is 4.39 Å². The van der Waals surface area contributed by atoms with Gasteiger partial charge >= 0.3 is 0 Å². The molecule has 1 aliphatic rings. The number of carbonyl (C=O) groups is 2. The molecule has 0 saturated carbocycles. The zero-order valence-electron chi connectivity index (χ0n) is 11.9. The fourth-order valence-corrected chi connectivity index (χ4v) is 2.89. The van der Waals surface area contributed by atoms with E-state index in [0.717, 1.165) is 0 Å². The van der Waals surface area contributed by atoms with Crippen LogP contribution in [0.4, 0.5) is 9.18 Å². The van der Waals surface area contributed by atoms with E-state index in [9.17, 15) is 14.0 Å². The Hall–Kier alpha value is -1.76. The van der Waals surface area contributed by atoms with Crippen molar-refractivity contribution in [2.24, 2.45) is 0 Å². The normalized spacial score (nSPS) is 16.0. The molecule has 1 aromatic rings. The molecule has 1 saturated heterocycles. The van der Waals surface area contributed by atoms with Gasteiger partial charge in [0.1, 0.15) is 6.54 Å². The molecule has 21 heavy (non-hydrogen) atoms. The lowest BCUT2D eigenvalue weighted by molar-refractivity contribution is -0.122. The molecule has 0 radical (unpaired) electrons. The topological polar surface area (TPSA) is 58.6 Å². The maximum absolute atomic E-state index is 13.6. The molecule has 0 aromatic heterocycles. The Morgan fingerprint density at radius 3 is 2.90 bits per heavy atom. The molecule has 1 aromatic carbocycles. The lowest BCUT2D eigenvalue weighted by Gasteiger charge is -2.18. The van der Waals surface area contributed by atoms with Gasteiger partial charge in [-0.05, 0) is 24.6 Å². The van der Waals surface area contributed by atoms with Crippen molar-refractivity contribution in [3.8, 4) is 5.75 Å². The average Bonchev–Trinajstić information content (AvgIpc) is 2.84. The zero-order chi connectivity index (χ0) is 15.4. The average molecular weight is 312 g/mol. The van der Waals surface area contributed by atoms with Gasteiger partial charge in [0.25, 0.3) is 5.24 Å². The number of hydrogen-bond acceptors (Lipinski definition) is 4. The summed E-state index contributed by atoms with van der Waals surface area (Å²) in [5.74, 6) is 0.152. The molecule has 2 amide bonds. The minimum absolute atomic E-state index is 0.0365. The van der Waals surface area contributed by atoms with Crippen molar-refractivity contribution in [1.82, 2.24) is 10.2 Å². The van der Waals surface area contributed by atoms with Crippen LogP contribution in [0.25, 0.3) is 0 Å². The highest BCUT2D eigenvalue weighted by atomic mass is 32.2. The summed E-state index contributed by atoms with van der Waals surface area (Å²) in [7, 11) is 1.40. The van der Waals surface area contributed by atoms with Crippen molar-refractivity contribution >= 4 is 22.9 Å². The van der Waals surface area contributed by atoms with Crippen LogP contribution in [-0.2, 0) is 4.79 Å². The molecule has 1 atom stereocenters. The lowest BCUT2D eigenvalue weighted by Crippen LogP contribution is -2.38. The number of ether oxygens (including phenoxy) is 1. The molecule has 1 heterocycles. The van der Waals surface area contributed by atoms with Crippen LogP contribution >= 0.6 is 11.8 Å². The molecular formula is C14H17FN2O3S. The van der Waals surface area contributed by atoms with Gasteiger partial charge in [0, 0.05) is 12.3 Å². The van der Waals surface area contributed by atoms with E-state index in [1.807, 2.05) is 0 Å². The summed E-state index contributed by atoms with van der Waals surface area (Å²) >= 11 is 1.21. The standard InChI is InChI=1S/C14H17FN2O3S/c1-9(10-3-4-12(20-2)11(15)7-10)16-13(18)8-17-5-6-21-14(17)19/h3-4,7,9H,5-6,8H2,1-2H3,(H,16,18)/t9-/m0/s1. The molecule has 7 heteroatoms. The van der Waals surface area contributed by atoms with Crippen LogP contribution < -0.4 is 10.1 Å². The number of methoxy groups -OCH3 is 1. The molecule has 0 bridgehead atoms. The summed E-state index contributed by atoms with van der Waals surface area (Å²) in [6, 6.07) is 4.21. The minimum Gasteiger partial charge on any atom is -0.494 e.